The minimum absolute atomic E-state index is 0.00188. The summed E-state index contributed by atoms with van der Waals surface area (Å²) in [4.78, 5) is 14.7. The number of benzene rings is 2. The zero-order chi connectivity index (χ0) is 15.9. The molecule has 0 aromatic heterocycles. The molecule has 4 nitrogen and oxygen atoms in total. The first-order chi connectivity index (χ1) is 10.7. The maximum atomic E-state index is 12.6. The van der Waals surface area contributed by atoms with Crippen LogP contribution in [0.4, 0.5) is 17.1 Å². The van der Waals surface area contributed by atoms with Gasteiger partial charge >= 0.3 is 0 Å². The fourth-order valence-corrected chi connectivity index (χ4v) is 2.54. The molecule has 3 N–H and O–H groups in total. The van der Waals surface area contributed by atoms with Gasteiger partial charge in [-0.15, -0.1) is 0 Å². The number of hydrogen-bond donors (Lipinski definition) is 2. The molecule has 116 valence electrons. The van der Waals surface area contributed by atoms with Gasteiger partial charge in [0.05, 0.1) is 0 Å². The molecule has 0 radical (unpaired) electrons. The van der Waals surface area contributed by atoms with E-state index in [1.54, 1.807) is 12.1 Å². The van der Waals surface area contributed by atoms with E-state index in [1.807, 2.05) is 49.4 Å². The van der Waals surface area contributed by atoms with E-state index in [2.05, 4.69) is 17.1 Å². The molecule has 0 saturated heterocycles. The number of rotatable bonds is 6. The monoisotopic (exact) mass is 297 g/mol. The Morgan fingerprint density at radius 1 is 1.09 bits per heavy atom. The summed E-state index contributed by atoms with van der Waals surface area (Å²) in [5.41, 5.74) is 8.18. The Bertz CT molecular complexity index is 595. The molecule has 1 unspecified atom stereocenters. The molecule has 0 aliphatic rings. The third-order valence-corrected chi connectivity index (χ3v) is 3.67. The Labute approximate surface area is 131 Å². The van der Waals surface area contributed by atoms with Crippen molar-refractivity contribution in [3.63, 3.8) is 0 Å². The largest absolute Gasteiger partial charge is 0.399 e. The van der Waals surface area contributed by atoms with E-state index in [9.17, 15) is 4.79 Å². The van der Waals surface area contributed by atoms with Crippen LogP contribution in [0, 0.1) is 0 Å². The molecule has 1 atom stereocenters. The van der Waals surface area contributed by atoms with E-state index >= 15 is 0 Å². The van der Waals surface area contributed by atoms with Gasteiger partial charge in [-0.1, -0.05) is 25.1 Å². The van der Waals surface area contributed by atoms with E-state index in [-0.39, 0.29) is 11.9 Å². The number of nitrogens with zero attached hydrogens (tertiary/aromatic N) is 1. The Balaban J connectivity index is 2.15. The van der Waals surface area contributed by atoms with Gasteiger partial charge in [-0.2, -0.15) is 0 Å². The normalized spacial score (nSPS) is 11.7. The molecule has 2 rings (SSSR count). The Hall–Kier alpha value is -2.49. The molecule has 0 bridgehead atoms. The lowest BCUT2D eigenvalue weighted by Crippen LogP contribution is -2.43. The molecule has 1 amide bonds. The summed E-state index contributed by atoms with van der Waals surface area (Å²) in [5, 5.41) is 2.97. The number of hydrogen-bond acceptors (Lipinski definition) is 3. The molecular weight excluding hydrogens is 274 g/mol. The van der Waals surface area contributed by atoms with Crippen molar-refractivity contribution in [2.75, 3.05) is 22.5 Å². The molecule has 0 saturated carbocycles. The SMILES string of the molecule is CCC(C(=O)Nc1ccc(N)cc1)N(CC)c1ccccc1. The van der Waals surface area contributed by atoms with Crippen molar-refractivity contribution in [1.29, 1.82) is 0 Å². The van der Waals surface area contributed by atoms with Crippen LogP contribution in [0.15, 0.2) is 54.6 Å². The van der Waals surface area contributed by atoms with Crippen LogP contribution in [-0.2, 0) is 4.79 Å². The van der Waals surface area contributed by atoms with Gasteiger partial charge in [0, 0.05) is 23.6 Å². The topological polar surface area (TPSA) is 58.4 Å². The van der Waals surface area contributed by atoms with Crippen LogP contribution in [0.1, 0.15) is 20.3 Å². The lowest BCUT2D eigenvalue weighted by atomic mass is 10.1. The van der Waals surface area contributed by atoms with Gasteiger partial charge in [-0.25, -0.2) is 0 Å². The summed E-state index contributed by atoms with van der Waals surface area (Å²) in [5.74, 6) is -0.00188. The summed E-state index contributed by atoms with van der Waals surface area (Å²) in [6.07, 6.45) is 0.740. The van der Waals surface area contributed by atoms with E-state index in [0.29, 0.717) is 5.69 Å². The highest BCUT2D eigenvalue weighted by molar-refractivity contribution is 5.97. The Morgan fingerprint density at radius 2 is 1.73 bits per heavy atom. The smallest absolute Gasteiger partial charge is 0.247 e. The van der Waals surface area contributed by atoms with Gasteiger partial charge in [-0.05, 0) is 49.7 Å². The molecule has 0 aliphatic carbocycles. The number of carbonyl (C=O) groups is 1. The molecule has 2 aromatic rings. The van der Waals surface area contributed by atoms with Crippen LogP contribution in [0.3, 0.4) is 0 Å². The number of anilines is 3. The molecule has 2 aromatic carbocycles. The van der Waals surface area contributed by atoms with Crippen LogP contribution in [0.25, 0.3) is 0 Å². The van der Waals surface area contributed by atoms with Crippen LogP contribution < -0.4 is 16.0 Å². The fraction of sp³-hybridized carbons (Fsp3) is 0.278. The van der Waals surface area contributed by atoms with Crippen molar-refractivity contribution in [2.45, 2.75) is 26.3 Å². The van der Waals surface area contributed by atoms with E-state index < -0.39 is 0 Å². The molecule has 0 fully saturated rings. The second kappa shape index (κ2) is 7.50. The number of nitrogens with two attached hydrogens (primary N) is 1. The van der Waals surface area contributed by atoms with E-state index in [0.717, 1.165) is 24.3 Å². The first-order valence-corrected chi connectivity index (χ1v) is 7.63. The predicted molar refractivity (Wildman–Crippen MR) is 93.0 cm³/mol. The first kappa shape index (κ1) is 15.9. The number of para-hydroxylation sites is 1. The number of nitrogen functional groups attached to an aromatic ring is 1. The standard InChI is InChI=1S/C18H23N3O/c1-3-17(21(4-2)16-8-6-5-7-9-16)18(22)20-15-12-10-14(19)11-13-15/h5-13,17H,3-4,19H2,1-2H3,(H,20,22). The summed E-state index contributed by atoms with van der Waals surface area (Å²) >= 11 is 0. The molecule has 0 spiro atoms. The summed E-state index contributed by atoms with van der Waals surface area (Å²) in [6.45, 7) is 4.86. The second-order valence-corrected chi connectivity index (χ2v) is 5.16. The van der Waals surface area contributed by atoms with Crippen LogP contribution in [-0.4, -0.2) is 18.5 Å². The first-order valence-electron chi connectivity index (χ1n) is 7.63. The van der Waals surface area contributed by atoms with Gasteiger partial charge in [0.2, 0.25) is 5.91 Å². The molecule has 0 heterocycles. The molecular formula is C18H23N3O. The van der Waals surface area contributed by atoms with Crippen LogP contribution in [0.2, 0.25) is 0 Å². The van der Waals surface area contributed by atoms with Crippen molar-refractivity contribution in [3.8, 4) is 0 Å². The lowest BCUT2D eigenvalue weighted by Gasteiger charge is -2.31. The highest BCUT2D eigenvalue weighted by Crippen LogP contribution is 2.19. The van der Waals surface area contributed by atoms with E-state index in [1.165, 1.54) is 0 Å². The van der Waals surface area contributed by atoms with Crippen LogP contribution >= 0.6 is 0 Å². The van der Waals surface area contributed by atoms with E-state index in [4.69, 9.17) is 5.73 Å². The van der Waals surface area contributed by atoms with Crippen molar-refractivity contribution >= 4 is 23.0 Å². The predicted octanol–water partition coefficient (Wildman–Crippen LogP) is 3.51. The maximum Gasteiger partial charge on any atom is 0.247 e. The van der Waals surface area contributed by atoms with Crippen molar-refractivity contribution in [2.24, 2.45) is 0 Å². The third-order valence-electron chi connectivity index (χ3n) is 3.67. The third kappa shape index (κ3) is 3.79. The average molecular weight is 297 g/mol. The highest BCUT2D eigenvalue weighted by Gasteiger charge is 2.23. The molecule has 22 heavy (non-hydrogen) atoms. The second-order valence-electron chi connectivity index (χ2n) is 5.16. The highest BCUT2D eigenvalue weighted by atomic mass is 16.2. The minimum Gasteiger partial charge on any atom is -0.399 e. The van der Waals surface area contributed by atoms with Gasteiger partial charge < -0.3 is 16.0 Å². The van der Waals surface area contributed by atoms with Gasteiger partial charge in [0.1, 0.15) is 6.04 Å². The maximum absolute atomic E-state index is 12.6. The number of carbonyl (C=O) groups excluding carboxylic acids is 1. The van der Waals surface area contributed by atoms with Crippen LogP contribution in [0.5, 0.6) is 0 Å². The molecule has 0 aliphatic heterocycles. The zero-order valence-electron chi connectivity index (χ0n) is 13.1. The van der Waals surface area contributed by atoms with Crippen molar-refractivity contribution in [1.82, 2.24) is 0 Å². The number of amides is 1. The minimum atomic E-state index is -0.204. The zero-order valence-corrected chi connectivity index (χ0v) is 13.1. The summed E-state index contributed by atoms with van der Waals surface area (Å²) in [7, 11) is 0. The van der Waals surface area contributed by atoms with Gasteiger partial charge in [0.25, 0.3) is 0 Å². The van der Waals surface area contributed by atoms with Crippen molar-refractivity contribution in [3.05, 3.63) is 54.6 Å². The average Bonchev–Trinajstić information content (AvgIpc) is 2.55. The quantitative estimate of drug-likeness (QED) is 0.802. The summed E-state index contributed by atoms with van der Waals surface area (Å²) in [6, 6.07) is 17.0. The Kier molecular flexibility index (Phi) is 5.42. The van der Waals surface area contributed by atoms with Crippen molar-refractivity contribution < 1.29 is 4.79 Å². The fourth-order valence-electron chi connectivity index (χ4n) is 2.54. The molecule has 4 heteroatoms. The summed E-state index contributed by atoms with van der Waals surface area (Å²) < 4.78 is 0. The van der Waals surface area contributed by atoms with Gasteiger partial charge in [0.15, 0.2) is 0 Å². The Morgan fingerprint density at radius 3 is 2.27 bits per heavy atom. The lowest BCUT2D eigenvalue weighted by molar-refractivity contribution is -0.117. The number of likely N-dealkylation sites (N-methyl/N-ethyl adjacent to an activating group) is 1. The van der Waals surface area contributed by atoms with Gasteiger partial charge in [-0.3, -0.25) is 4.79 Å². The number of nitrogens with one attached hydrogen (secondary N) is 1.